The van der Waals surface area contributed by atoms with E-state index >= 15 is 0 Å². The molecule has 1 saturated heterocycles. The average molecular weight is 299 g/mol. The Balaban J connectivity index is 1.68. The minimum atomic E-state index is 0.108. The highest BCUT2D eigenvalue weighted by atomic mass is 35.5. The minimum Gasteiger partial charge on any atom is -0.340 e. The fourth-order valence-electron chi connectivity index (χ4n) is 2.73. The minimum absolute atomic E-state index is 0.108. The molecule has 1 aromatic carbocycles. The van der Waals surface area contributed by atoms with Crippen LogP contribution in [0, 0.1) is 5.92 Å². The van der Waals surface area contributed by atoms with Crippen molar-refractivity contribution < 1.29 is 4.79 Å². The maximum atomic E-state index is 12.4. The van der Waals surface area contributed by atoms with Crippen molar-refractivity contribution in [2.45, 2.75) is 12.3 Å². The van der Waals surface area contributed by atoms with E-state index in [2.05, 4.69) is 5.32 Å². The third-order valence-corrected chi connectivity index (χ3v) is 4.46. The molecule has 5 heteroatoms. The number of amides is 1. The van der Waals surface area contributed by atoms with Crippen molar-refractivity contribution in [3.05, 3.63) is 33.8 Å². The first kappa shape index (κ1) is 13.2. The van der Waals surface area contributed by atoms with Crippen LogP contribution in [0.1, 0.15) is 17.9 Å². The molecule has 2 aliphatic rings. The molecule has 2 atom stereocenters. The van der Waals surface area contributed by atoms with Gasteiger partial charge in [-0.05, 0) is 30.0 Å². The van der Waals surface area contributed by atoms with Crippen LogP contribution in [0.4, 0.5) is 0 Å². The zero-order valence-corrected chi connectivity index (χ0v) is 12.0. The van der Waals surface area contributed by atoms with Gasteiger partial charge in [-0.2, -0.15) is 0 Å². The monoisotopic (exact) mass is 298 g/mol. The van der Waals surface area contributed by atoms with E-state index in [0.717, 1.165) is 38.2 Å². The Kier molecular flexibility index (Phi) is 3.70. The van der Waals surface area contributed by atoms with Crippen molar-refractivity contribution in [2.24, 2.45) is 5.92 Å². The van der Waals surface area contributed by atoms with Crippen molar-refractivity contribution in [2.75, 3.05) is 26.2 Å². The molecule has 1 amide bonds. The number of hydrogen-bond donors (Lipinski definition) is 1. The summed E-state index contributed by atoms with van der Waals surface area (Å²) in [6, 6.07) is 5.54. The summed E-state index contributed by atoms with van der Waals surface area (Å²) >= 11 is 12.1. The zero-order chi connectivity index (χ0) is 13.4. The number of carbonyl (C=O) groups is 1. The lowest BCUT2D eigenvalue weighted by Gasteiger charge is -2.27. The molecule has 1 N–H and O–H groups in total. The molecule has 102 valence electrons. The highest BCUT2D eigenvalue weighted by molar-refractivity contribution is 6.35. The van der Waals surface area contributed by atoms with Crippen molar-refractivity contribution in [1.82, 2.24) is 10.2 Å². The lowest BCUT2D eigenvalue weighted by atomic mass is 10.1. The highest BCUT2D eigenvalue weighted by Gasteiger charge is 2.46. The lowest BCUT2D eigenvalue weighted by molar-refractivity contribution is -0.133. The molecule has 0 aromatic heterocycles. The molecule has 3 rings (SSSR count). The van der Waals surface area contributed by atoms with E-state index in [9.17, 15) is 4.79 Å². The van der Waals surface area contributed by atoms with Crippen molar-refractivity contribution in [1.29, 1.82) is 0 Å². The summed E-state index contributed by atoms with van der Waals surface area (Å²) in [4.78, 5) is 14.3. The van der Waals surface area contributed by atoms with Crippen LogP contribution in [-0.4, -0.2) is 37.0 Å². The quantitative estimate of drug-likeness (QED) is 0.910. The molecule has 0 radical (unpaired) electrons. The Morgan fingerprint density at radius 3 is 2.68 bits per heavy atom. The van der Waals surface area contributed by atoms with Gasteiger partial charge in [-0.15, -0.1) is 0 Å². The van der Waals surface area contributed by atoms with Crippen molar-refractivity contribution in [3.8, 4) is 0 Å². The summed E-state index contributed by atoms with van der Waals surface area (Å²) in [5, 5.41) is 4.57. The second-order valence-electron chi connectivity index (χ2n) is 5.19. The van der Waals surface area contributed by atoms with Gasteiger partial charge in [-0.25, -0.2) is 0 Å². The van der Waals surface area contributed by atoms with Gasteiger partial charge in [-0.3, -0.25) is 4.79 Å². The summed E-state index contributed by atoms with van der Waals surface area (Å²) in [6.45, 7) is 3.42. The third-order valence-electron chi connectivity index (χ3n) is 3.90. The van der Waals surface area contributed by atoms with Crippen LogP contribution >= 0.6 is 23.2 Å². The van der Waals surface area contributed by atoms with Gasteiger partial charge in [0.05, 0.1) is 0 Å². The summed E-state index contributed by atoms with van der Waals surface area (Å²) in [7, 11) is 0. The Bertz CT molecular complexity index is 500. The van der Waals surface area contributed by atoms with Crippen LogP contribution in [0.2, 0.25) is 10.0 Å². The van der Waals surface area contributed by atoms with E-state index in [1.165, 1.54) is 0 Å². The number of nitrogens with one attached hydrogen (secondary N) is 1. The number of halogens is 2. The Hall–Kier alpha value is -0.770. The first-order valence-electron chi connectivity index (χ1n) is 6.61. The largest absolute Gasteiger partial charge is 0.340 e. The van der Waals surface area contributed by atoms with Gasteiger partial charge in [0, 0.05) is 42.1 Å². The molecule has 2 fully saturated rings. The maximum Gasteiger partial charge on any atom is 0.226 e. The number of piperazine rings is 1. The predicted molar refractivity (Wildman–Crippen MR) is 76.8 cm³/mol. The fraction of sp³-hybridized carbons (Fsp3) is 0.500. The van der Waals surface area contributed by atoms with Crippen molar-refractivity contribution >= 4 is 29.1 Å². The molecule has 3 nitrogen and oxygen atoms in total. The van der Waals surface area contributed by atoms with E-state index in [-0.39, 0.29) is 17.7 Å². The van der Waals surface area contributed by atoms with Crippen LogP contribution in [0.3, 0.4) is 0 Å². The molecule has 0 unspecified atom stereocenters. The summed E-state index contributed by atoms with van der Waals surface area (Å²) in [6.07, 6.45) is 0.907. The summed E-state index contributed by atoms with van der Waals surface area (Å²) < 4.78 is 0. The number of nitrogens with zero attached hydrogens (tertiary/aromatic N) is 1. The molecule has 1 saturated carbocycles. The molecule has 1 aromatic rings. The normalized spacial score (nSPS) is 26.3. The predicted octanol–water partition coefficient (Wildman–Crippen LogP) is 2.53. The number of carbonyl (C=O) groups excluding carboxylic acids is 1. The average Bonchev–Trinajstić information content (AvgIpc) is 3.19. The number of rotatable bonds is 2. The van der Waals surface area contributed by atoms with Crippen LogP contribution in [0.25, 0.3) is 0 Å². The highest BCUT2D eigenvalue weighted by Crippen LogP contribution is 2.50. The van der Waals surface area contributed by atoms with E-state index in [1.807, 2.05) is 17.0 Å². The van der Waals surface area contributed by atoms with Crippen LogP contribution in [0.5, 0.6) is 0 Å². The fourth-order valence-corrected chi connectivity index (χ4v) is 3.28. The Morgan fingerprint density at radius 1 is 1.26 bits per heavy atom. The van der Waals surface area contributed by atoms with Gasteiger partial charge in [0.25, 0.3) is 0 Å². The molecular weight excluding hydrogens is 283 g/mol. The topological polar surface area (TPSA) is 32.3 Å². The SMILES string of the molecule is O=C([C@H]1C[C@H]1c1ccc(Cl)cc1Cl)N1CCNCC1. The first-order chi connectivity index (χ1) is 9.16. The molecule has 0 bridgehead atoms. The van der Waals surface area contributed by atoms with Gasteiger partial charge in [0.15, 0.2) is 0 Å². The number of hydrogen-bond acceptors (Lipinski definition) is 2. The number of benzene rings is 1. The van der Waals surface area contributed by atoms with Gasteiger partial charge in [0.2, 0.25) is 5.91 Å². The van der Waals surface area contributed by atoms with E-state index in [1.54, 1.807) is 6.07 Å². The Labute approximate surface area is 122 Å². The van der Waals surface area contributed by atoms with E-state index < -0.39 is 0 Å². The van der Waals surface area contributed by atoms with Gasteiger partial charge >= 0.3 is 0 Å². The standard InChI is InChI=1S/C14H16Cl2N2O/c15-9-1-2-10(13(16)7-9)11-8-12(11)14(19)18-5-3-17-4-6-18/h1-2,7,11-12,17H,3-6,8H2/t11-,12-/m0/s1. The smallest absolute Gasteiger partial charge is 0.226 e. The maximum absolute atomic E-state index is 12.4. The van der Waals surface area contributed by atoms with Gasteiger partial charge < -0.3 is 10.2 Å². The van der Waals surface area contributed by atoms with Crippen LogP contribution < -0.4 is 5.32 Å². The summed E-state index contributed by atoms with van der Waals surface area (Å²) in [5.41, 5.74) is 1.06. The second kappa shape index (κ2) is 5.31. The van der Waals surface area contributed by atoms with Crippen LogP contribution in [0.15, 0.2) is 18.2 Å². The summed E-state index contributed by atoms with van der Waals surface area (Å²) in [5.74, 6) is 0.654. The molecule has 1 heterocycles. The van der Waals surface area contributed by atoms with Gasteiger partial charge in [0.1, 0.15) is 0 Å². The molecule has 1 aliphatic heterocycles. The van der Waals surface area contributed by atoms with E-state index in [4.69, 9.17) is 23.2 Å². The first-order valence-corrected chi connectivity index (χ1v) is 7.37. The van der Waals surface area contributed by atoms with E-state index in [0.29, 0.717) is 10.0 Å². The van der Waals surface area contributed by atoms with Crippen LogP contribution in [-0.2, 0) is 4.79 Å². The third kappa shape index (κ3) is 2.73. The van der Waals surface area contributed by atoms with Crippen molar-refractivity contribution in [3.63, 3.8) is 0 Å². The molecule has 0 spiro atoms. The lowest BCUT2D eigenvalue weighted by Crippen LogP contribution is -2.47. The molecular formula is C14H16Cl2N2O. The Morgan fingerprint density at radius 2 is 2.00 bits per heavy atom. The molecule has 1 aliphatic carbocycles. The van der Waals surface area contributed by atoms with Gasteiger partial charge in [-0.1, -0.05) is 29.3 Å². The molecule has 19 heavy (non-hydrogen) atoms. The second-order valence-corrected chi connectivity index (χ2v) is 6.03. The zero-order valence-electron chi connectivity index (χ0n) is 10.5.